The summed E-state index contributed by atoms with van der Waals surface area (Å²) in [5.74, 6) is 0.534. The number of hydrogen-bond acceptors (Lipinski definition) is 6. The Morgan fingerprint density at radius 1 is 1.04 bits per heavy atom. The number of anilines is 2. The quantitative estimate of drug-likeness (QED) is 0.595. The highest BCUT2D eigenvalue weighted by Gasteiger charge is 2.09. The van der Waals surface area contributed by atoms with Crippen molar-refractivity contribution in [3.63, 3.8) is 0 Å². The van der Waals surface area contributed by atoms with Crippen LogP contribution in [0.4, 0.5) is 11.4 Å². The van der Waals surface area contributed by atoms with Crippen molar-refractivity contribution in [2.24, 2.45) is 7.05 Å². The molecule has 0 spiro atoms. The molecular weight excluding hydrogens is 378 g/mol. The molecule has 2 amide bonds. The van der Waals surface area contributed by atoms with Crippen LogP contribution in [0.5, 0.6) is 5.75 Å². The van der Waals surface area contributed by atoms with Gasteiger partial charge >= 0.3 is 0 Å². The van der Waals surface area contributed by atoms with Gasteiger partial charge in [0, 0.05) is 24.0 Å². The summed E-state index contributed by atoms with van der Waals surface area (Å²) >= 11 is 1.30. The van der Waals surface area contributed by atoms with E-state index < -0.39 is 0 Å². The number of aryl methyl sites for hydroxylation is 1. The average Bonchev–Trinajstić information content (AvgIpc) is 3.12. The van der Waals surface area contributed by atoms with Gasteiger partial charge in [0.25, 0.3) is 5.91 Å². The lowest BCUT2D eigenvalue weighted by Gasteiger charge is -2.08. The number of rotatable bonds is 7. The van der Waals surface area contributed by atoms with Crippen LogP contribution in [0.3, 0.4) is 0 Å². The fraction of sp³-hybridized carbons (Fsp3) is 0.158. The molecule has 0 atom stereocenters. The molecule has 0 bridgehead atoms. The second-order valence-electron chi connectivity index (χ2n) is 5.82. The third-order valence-electron chi connectivity index (χ3n) is 3.78. The Balaban J connectivity index is 1.52. The zero-order valence-electron chi connectivity index (χ0n) is 15.4. The summed E-state index contributed by atoms with van der Waals surface area (Å²) in [7, 11) is 3.40. The fourth-order valence-corrected chi connectivity index (χ4v) is 3.00. The monoisotopic (exact) mass is 397 g/mol. The molecule has 9 heteroatoms. The molecule has 2 N–H and O–H groups in total. The maximum atomic E-state index is 12.3. The summed E-state index contributed by atoms with van der Waals surface area (Å²) in [5.41, 5.74) is 1.77. The van der Waals surface area contributed by atoms with E-state index in [2.05, 4.69) is 20.8 Å². The maximum absolute atomic E-state index is 12.3. The zero-order chi connectivity index (χ0) is 19.9. The summed E-state index contributed by atoms with van der Waals surface area (Å²) in [6, 6.07) is 13.8. The van der Waals surface area contributed by atoms with Crippen LogP contribution in [0.1, 0.15) is 10.4 Å². The zero-order valence-corrected chi connectivity index (χ0v) is 16.2. The molecule has 144 valence electrons. The van der Waals surface area contributed by atoms with Gasteiger partial charge in [0.2, 0.25) is 5.91 Å². The van der Waals surface area contributed by atoms with Crippen molar-refractivity contribution in [1.29, 1.82) is 0 Å². The van der Waals surface area contributed by atoms with Gasteiger partial charge in [0.1, 0.15) is 12.1 Å². The smallest absolute Gasteiger partial charge is 0.255 e. The molecule has 0 fully saturated rings. The van der Waals surface area contributed by atoms with Crippen molar-refractivity contribution in [2.75, 3.05) is 23.5 Å². The molecular formula is C19H19N5O3S. The fourth-order valence-electron chi connectivity index (χ4n) is 2.31. The Morgan fingerprint density at radius 3 is 2.29 bits per heavy atom. The number of carbonyl (C=O) groups excluding carboxylic acids is 2. The summed E-state index contributed by atoms with van der Waals surface area (Å²) in [6.07, 6.45) is 1.58. The number of aromatic nitrogens is 3. The number of nitrogens with zero attached hydrogens (tertiary/aromatic N) is 3. The molecule has 0 saturated heterocycles. The lowest BCUT2D eigenvalue weighted by Crippen LogP contribution is -2.15. The first-order valence-corrected chi connectivity index (χ1v) is 9.36. The number of thioether (sulfide) groups is 1. The van der Waals surface area contributed by atoms with Crippen molar-refractivity contribution in [1.82, 2.24) is 14.8 Å². The molecule has 1 heterocycles. The van der Waals surface area contributed by atoms with E-state index in [9.17, 15) is 9.59 Å². The van der Waals surface area contributed by atoms with Gasteiger partial charge in [-0.2, -0.15) is 0 Å². The highest BCUT2D eigenvalue weighted by Crippen LogP contribution is 2.17. The van der Waals surface area contributed by atoms with Gasteiger partial charge < -0.3 is 19.9 Å². The van der Waals surface area contributed by atoms with E-state index >= 15 is 0 Å². The van der Waals surface area contributed by atoms with Crippen LogP contribution in [-0.4, -0.2) is 39.4 Å². The second kappa shape index (κ2) is 9.05. The van der Waals surface area contributed by atoms with Crippen LogP contribution in [0.15, 0.2) is 60.0 Å². The van der Waals surface area contributed by atoms with Crippen LogP contribution in [0.2, 0.25) is 0 Å². The van der Waals surface area contributed by atoms with E-state index in [1.54, 1.807) is 66.5 Å². The lowest BCUT2D eigenvalue weighted by molar-refractivity contribution is -0.113. The minimum absolute atomic E-state index is 0.163. The van der Waals surface area contributed by atoms with Gasteiger partial charge in [-0.05, 0) is 48.5 Å². The predicted octanol–water partition coefficient (Wildman–Crippen LogP) is 2.81. The Bertz CT molecular complexity index is 954. The molecule has 0 aliphatic carbocycles. The van der Waals surface area contributed by atoms with Crippen LogP contribution in [-0.2, 0) is 11.8 Å². The first-order chi connectivity index (χ1) is 13.5. The first kappa shape index (κ1) is 19.4. The SMILES string of the molecule is COc1ccc(NC(=O)c2ccc(NC(=O)CSc3nncn3C)cc2)cc1. The van der Waals surface area contributed by atoms with Crippen LogP contribution >= 0.6 is 11.8 Å². The number of amides is 2. The second-order valence-corrected chi connectivity index (χ2v) is 6.76. The lowest BCUT2D eigenvalue weighted by atomic mass is 10.2. The number of methoxy groups -OCH3 is 1. The molecule has 0 saturated carbocycles. The highest BCUT2D eigenvalue weighted by atomic mass is 32.2. The topological polar surface area (TPSA) is 98.1 Å². The van der Waals surface area contributed by atoms with E-state index in [1.165, 1.54) is 11.8 Å². The molecule has 1 aromatic heterocycles. The Hall–Kier alpha value is -3.33. The third-order valence-corrected chi connectivity index (χ3v) is 4.82. The van der Waals surface area contributed by atoms with Crippen LogP contribution < -0.4 is 15.4 Å². The summed E-state index contributed by atoms with van der Waals surface area (Å²) in [5, 5.41) is 13.9. The average molecular weight is 397 g/mol. The molecule has 3 rings (SSSR count). The maximum Gasteiger partial charge on any atom is 0.255 e. The summed E-state index contributed by atoms with van der Waals surface area (Å²) in [6.45, 7) is 0. The van der Waals surface area contributed by atoms with Gasteiger partial charge in [-0.3, -0.25) is 9.59 Å². The van der Waals surface area contributed by atoms with Gasteiger partial charge in [0.15, 0.2) is 5.16 Å². The molecule has 28 heavy (non-hydrogen) atoms. The number of carbonyl (C=O) groups is 2. The third kappa shape index (κ3) is 5.10. The molecule has 0 unspecified atom stereocenters. The summed E-state index contributed by atoms with van der Waals surface area (Å²) < 4.78 is 6.84. The Morgan fingerprint density at radius 2 is 1.68 bits per heavy atom. The number of ether oxygens (including phenoxy) is 1. The molecule has 8 nitrogen and oxygen atoms in total. The minimum Gasteiger partial charge on any atom is -0.497 e. The number of nitrogens with one attached hydrogen (secondary N) is 2. The van der Waals surface area contributed by atoms with E-state index in [0.717, 1.165) is 5.75 Å². The molecule has 0 aliphatic rings. The van der Waals surface area contributed by atoms with Crippen molar-refractivity contribution in [3.8, 4) is 5.75 Å². The van der Waals surface area contributed by atoms with Crippen molar-refractivity contribution in [2.45, 2.75) is 5.16 Å². The number of hydrogen-bond donors (Lipinski definition) is 2. The number of benzene rings is 2. The molecule has 0 aliphatic heterocycles. The normalized spacial score (nSPS) is 10.4. The first-order valence-electron chi connectivity index (χ1n) is 8.37. The molecule has 2 aromatic carbocycles. The molecule has 3 aromatic rings. The predicted molar refractivity (Wildman–Crippen MR) is 108 cm³/mol. The van der Waals surface area contributed by atoms with Crippen LogP contribution in [0, 0.1) is 0 Å². The standard InChI is InChI=1S/C19H19N5O3S/c1-24-12-20-23-19(24)28-11-17(25)21-14-5-3-13(4-6-14)18(26)22-15-7-9-16(27-2)10-8-15/h3-10,12H,11H2,1-2H3,(H,21,25)(H,22,26). The largest absolute Gasteiger partial charge is 0.497 e. The van der Waals surface area contributed by atoms with E-state index in [-0.39, 0.29) is 17.6 Å². The van der Waals surface area contributed by atoms with Gasteiger partial charge in [-0.25, -0.2) is 0 Å². The van der Waals surface area contributed by atoms with Crippen molar-refractivity contribution in [3.05, 3.63) is 60.4 Å². The molecule has 0 radical (unpaired) electrons. The minimum atomic E-state index is -0.235. The summed E-state index contributed by atoms with van der Waals surface area (Å²) in [4.78, 5) is 24.4. The van der Waals surface area contributed by atoms with Crippen molar-refractivity contribution >= 4 is 35.0 Å². The Labute approximate surface area is 166 Å². The van der Waals surface area contributed by atoms with Crippen molar-refractivity contribution < 1.29 is 14.3 Å². The highest BCUT2D eigenvalue weighted by molar-refractivity contribution is 7.99. The van der Waals surface area contributed by atoms with Crippen LogP contribution in [0.25, 0.3) is 0 Å². The van der Waals surface area contributed by atoms with E-state index in [4.69, 9.17) is 4.74 Å². The van der Waals surface area contributed by atoms with Gasteiger partial charge in [-0.1, -0.05) is 11.8 Å². The van der Waals surface area contributed by atoms with E-state index in [0.29, 0.717) is 22.1 Å². The van der Waals surface area contributed by atoms with E-state index in [1.807, 2.05) is 7.05 Å². The van der Waals surface area contributed by atoms with Gasteiger partial charge in [-0.15, -0.1) is 10.2 Å². The van der Waals surface area contributed by atoms with Gasteiger partial charge in [0.05, 0.1) is 12.9 Å². The Kier molecular flexibility index (Phi) is 6.28.